The average Bonchev–Trinajstić information content (AvgIpc) is 2.16. The molecule has 1 unspecified atom stereocenters. The minimum atomic E-state index is -0.424. The van der Waals surface area contributed by atoms with Crippen molar-refractivity contribution in [3.05, 3.63) is 28.8 Å². The molecule has 0 bridgehead atoms. The Morgan fingerprint density at radius 2 is 1.80 bits per heavy atom. The summed E-state index contributed by atoms with van der Waals surface area (Å²) in [6, 6.07) is 4.01. The Bertz CT molecular complexity index is 341. The highest BCUT2D eigenvalue weighted by atomic mass is 16.5. The molecule has 0 saturated carbocycles. The number of rotatable bonds is 3. The van der Waals surface area contributed by atoms with Gasteiger partial charge in [-0.15, -0.1) is 0 Å². The van der Waals surface area contributed by atoms with E-state index in [9.17, 15) is 5.11 Å². The number of hydrogen-bond donors (Lipinski definition) is 1. The van der Waals surface area contributed by atoms with Crippen molar-refractivity contribution >= 4 is 0 Å². The van der Waals surface area contributed by atoms with E-state index in [-0.39, 0.29) is 0 Å². The summed E-state index contributed by atoms with van der Waals surface area (Å²) in [5, 5.41) is 9.58. The summed E-state index contributed by atoms with van der Waals surface area (Å²) in [7, 11) is 1.69. The molecule has 0 saturated heterocycles. The van der Waals surface area contributed by atoms with Crippen LogP contribution >= 0.6 is 0 Å². The van der Waals surface area contributed by atoms with E-state index in [2.05, 4.69) is 13.8 Å². The molecule has 1 aromatic carbocycles. The predicted molar refractivity (Wildman–Crippen MR) is 62.5 cm³/mol. The molecule has 15 heavy (non-hydrogen) atoms. The summed E-state index contributed by atoms with van der Waals surface area (Å²) in [5.74, 6) is 1.34. The van der Waals surface area contributed by atoms with Crippen LogP contribution < -0.4 is 4.74 Å². The van der Waals surface area contributed by atoms with Crippen LogP contribution in [-0.2, 0) is 0 Å². The quantitative estimate of drug-likeness (QED) is 0.826. The highest BCUT2D eigenvalue weighted by Gasteiger charge is 2.13. The fraction of sp³-hybridized carbons (Fsp3) is 0.538. The predicted octanol–water partition coefficient (Wildman–Crippen LogP) is 3.18. The first-order valence-electron chi connectivity index (χ1n) is 5.33. The summed E-state index contributed by atoms with van der Waals surface area (Å²) in [6.07, 6.45) is -0.424. The lowest BCUT2D eigenvalue weighted by Gasteiger charge is -2.17. The number of ether oxygens (including phenoxy) is 1. The lowest BCUT2D eigenvalue weighted by Crippen LogP contribution is -2.01. The molecule has 2 nitrogen and oxygen atoms in total. The van der Waals surface area contributed by atoms with Crippen molar-refractivity contribution in [2.45, 2.75) is 39.7 Å². The number of aliphatic hydroxyl groups is 1. The summed E-state index contributed by atoms with van der Waals surface area (Å²) < 4.78 is 5.39. The van der Waals surface area contributed by atoms with E-state index < -0.39 is 6.10 Å². The molecule has 0 aliphatic carbocycles. The third-order valence-corrected chi connectivity index (χ3v) is 2.63. The molecule has 0 spiro atoms. The molecule has 0 amide bonds. The van der Waals surface area contributed by atoms with Gasteiger partial charge in [0.2, 0.25) is 0 Å². The van der Waals surface area contributed by atoms with Gasteiger partial charge >= 0.3 is 0 Å². The maximum absolute atomic E-state index is 9.58. The highest BCUT2D eigenvalue weighted by Crippen LogP contribution is 2.32. The molecule has 1 atom stereocenters. The molecule has 1 aromatic rings. The molecule has 2 heteroatoms. The van der Waals surface area contributed by atoms with Gasteiger partial charge in [-0.3, -0.25) is 0 Å². The number of methoxy groups -OCH3 is 1. The van der Waals surface area contributed by atoms with Crippen LogP contribution in [0, 0.1) is 6.92 Å². The van der Waals surface area contributed by atoms with E-state index in [1.54, 1.807) is 14.0 Å². The third kappa shape index (κ3) is 2.51. The fourth-order valence-corrected chi connectivity index (χ4v) is 1.78. The van der Waals surface area contributed by atoms with Gasteiger partial charge < -0.3 is 9.84 Å². The summed E-state index contributed by atoms with van der Waals surface area (Å²) in [4.78, 5) is 0. The second-order valence-corrected chi connectivity index (χ2v) is 4.29. The van der Waals surface area contributed by atoms with Crippen LogP contribution in [0.1, 0.15) is 49.5 Å². The van der Waals surface area contributed by atoms with Crippen molar-refractivity contribution < 1.29 is 9.84 Å². The second-order valence-electron chi connectivity index (χ2n) is 4.29. The van der Waals surface area contributed by atoms with Crippen LogP contribution in [0.4, 0.5) is 0 Å². The van der Waals surface area contributed by atoms with Crippen LogP contribution in [0.25, 0.3) is 0 Å². The molecule has 0 aliphatic rings. The van der Waals surface area contributed by atoms with Crippen molar-refractivity contribution in [1.29, 1.82) is 0 Å². The molecule has 0 fully saturated rings. The maximum Gasteiger partial charge on any atom is 0.125 e. The van der Waals surface area contributed by atoms with Gasteiger partial charge in [0.1, 0.15) is 5.75 Å². The fourth-order valence-electron chi connectivity index (χ4n) is 1.78. The Hall–Kier alpha value is -1.02. The molecule has 1 N–H and O–H groups in total. The number of benzene rings is 1. The SMILES string of the molecule is COc1c(C)cc(C(C)O)cc1C(C)C. The smallest absolute Gasteiger partial charge is 0.125 e. The van der Waals surface area contributed by atoms with Crippen LogP contribution in [0.15, 0.2) is 12.1 Å². The highest BCUT2D eigenvalue weighted by molar-refractivity contribution is 5.46. The van der Waals surface area contributed by atoms with Crippen molar-refractivity contribution in [3.8, 4) is 5.75 Å². The van der Waals surface area contributed by atoms with E-state index in [1.807, 2.05) is 19.1 Å². The van der Waals surface area contributed by atoms with Gasteiger partial charge in [-0.2, -0.15) is 0 Å². The summed E-state index contributed by atoms with van der Waals surface area (Å²) >= 11 is 0. The van der Waals surface area contributed by atoms with Crippen LogP contribution in [0.3, 0.4) is 0 Å². The molecule has 84 valence electrons. The van der Waals surface area contributed by atoms with Gasteiger partial charge in [0.15, 0.2) is 0 Å². The first-order valence-corrected chi connectivity index (χ1v) is 5.33. The topological polar surface area (TPSA) is 29.5 Å². The normalized spacial score (nSPS) is 13.0. The van der Waals surface area contributed by atoms with Gasteiger partial charge in [0.05, 0.1) is 13.2 Å². The zero-order chi connectivity index (χ0) is 11.6. The Kier molecular flexibility index (Phi) is 3.75. The van der Waals surface area contributed by atoms with Crippen LogP contribution in [-0.4, -0.2) is 12.2 Å². The number of hydrogen-bond acceptors (Lipinski definition) is 2. The Balaban J connectivity index is 3.32. The molecule has 0 heterocycles. The molecular formula is C13H20O2. The van der Waals surface area contributed by atoms with Gasteiger partial charge in [-0.25, -0.2) is 0 Å². The largest absolute Gasteiger partial charge is 0.496 e. The monoisotopic (exact) mass is 208 g/mol. The second kappa shape index (κ2) is 4.67. The zero-order valence-electron chi connectivity index (χ0n) is 10.2. The molecule has 1 rings (SSSR count). The minimum Gasteiger partial charge on any atom is -0.496 e. The summed E-state index contributed by atoms with van der Waals surface area (Å²) in [6.45, 7) is 8.05. The average molecular weight is 208 g/mol. The number of aliphatic hydroxyl groups excluding tert-OH is 1. The maximum atomic E-state index is 9.58. The minimum absolute atomic E-state index is 0.400. The summed E-state index contributed by atoms with van der Waals surface area (Å²) in [5.41, 5.74) is 3.20. The van der Waals surface area contributed by atoms with Gasteiger partial charge in [0.25, 0.3) is 0 Å². The van der Waals surface area contributed by atoms with Crippen molar-refractivity contribution in [1.82, 2.24) is 0 Å². The van der Waals surface area contributed by atoms with E-state index in [0.29, 0.717) is 5.92 Å². The van der Waals surface area contributed by atoms with Gasteiger partial charge in [0, 0.05) is 0 Å². The standard InChI is InChI=1S/C13H20O2/c1-8(2)12-7-11(10(4)14)6-9(3)13(12)15-5/h6-8,10,14H,1-5H3. The molecular weight excluding hydrogens is 188 g/mol. The van der Waals surface area contributed by atoms with Crippen LogP contribution in [0.2, 0.25) is 0 Å². The van der Waals surface area contributed by atoms with Crippen LogP contribution in [0.5, 0.6) is 5.75 Å². The third-order valence-electron chi connectivity index (χ3n) is 2.63. The first-order chi connectivity index (χ1) is 6.97. The molecule has 0 aromatic heterocycles. The Morgan fingerprint density at radius 1 is 1.20 bits per heavy atom. The van der Waals surface area contributed by atoms with E-state index >= 15 is 0 Å². The van der Waals surface area contributed by atoms with E-state index in [1.165, 1.54) is 0 Å². The molecule has 0 radical (unpaired) electrons. The van der Waals surface area contributed by atoms with Crippen molar-refractivity contribution in [2.75, 3.05) is 7.11 Å². The van der Waals surface area contributed by atoms with Gasteiger partial charge in [-0.1, -0.05) is 13.8 Å². The Morgan fingerprint density at radius 3 is 2.20 bits per heavy atom. The van der Waals surface area contributed by atoms with Gasteiger partial charge in [-0.05, 0) is 48.6 Å². The van der Waals surface area contributed by atoms with E-state index in [4.69, 9.17) is 4.74 Å². The molecule has 0 aliphatic heterocycles. The zero-order valence-corrected chi connectivity index (χ0v) is 10.2. The number of aryl methyl sites for hydroxylation is 1. The lowest BCUT2D eigenvalue weighted by atomic mass is 9.95. The Labute approximate surface area is 91.9 Å². The lowest BCUT2D eigenvalue weighted by molar-refractivity contribution is 0.199. The van der Waals surface area contributed by atoms with Crippen molar-refractivity contribution in [2.24, 2.45) is 0 Å². The van der Waals surface area contributed by atoms with E-state index in [0.717, 1.165) is 22.4 Å². The first kappa shape index (κ1) is 12.1. The van der Waals surface area contributed by atoms with Crippen molar-refractivity contribution in [3.63, 3.8) is 0 Å².